The van der Waals surface area contributed by atoms with E-state index in [4.69, 9.17) is 0 Å². The Morgan fingerprint density at radius 1 is 0.838 bits per heavy atom. The molecule has 2 aliphatic rings. The Balaban J connectivity index is 1.27. The molecule has 3 aromatic rings. The number of rotatable bonds is 8. The third-order valence-corrected chi connectivity index (χ3v) is 8.35. The van der Waals surface area contributed by atoms with Crippen LogP contribution in [-0.4, -0.2) is 48.6 Å². The summed E-state index contributed by atoms with van der Waals surface area (Å²) in [6.45, 7) is 3.50. The normalized spacial score (nSPS) is 16.1. The highest BCUT2D eigenvalue weighted by molar-refractivity contribution is 8.00. The first-order valence-electron chi connectivity index (χ1n) is 13.4. The molecule has 0 saturated carbocycles. The number of hydrogen-bond acceptors (Lipinski definition) is 4. The molecule has 192 valence electrons. The Morgan fingerprint density at radius 2 is 1.51 bits per heavy atom. The fraction of sp³-hybridized carbons (Fsp3) is 0.355. The summed E-state index contributed by atoms with van der Waals surface area (Å²) in [6, 6.07) is 26.5. The maximum Gasteiger partial charge on any atom is 0.256 e. The number of benzene rings is 3. The van der Waals surface area contributed by atoms with Gasteiger partial charge in [-0.25, -0.2) is 0 Å². The van der Waals surface area contributed by atoms with Gasteiger partial charge in [0.2, 0.25) is 5.91 Å². The molecule has 0 radical (unpaired) electrons. The number of hydrogen-bond donors (Lipinski definition) is 1. The second kappa shape index (κ2) is 12.3. The van der Waals surface area contributed by atoms with E-state index in [0.29, 0.717) is 22.9 Å². The van der Waals surface area contributed by atoms with E-state index in [0.717, 1.165) is 68.9 Å². The van der Waals surface area contributed by atoms with Gasteiger partial charge in [-0.1, -0.05) is 48.5 Å². The predicted molar refractivity (Wildman–Crippen MR) is 152 cm³/mol. The molecular weight excluding hydrogens is 478 g/mol. The van der Waals surface area contributed by atoms with Gasteiger partial charge in [-0.3, -0.25) is 9.59 Å². The van der Waals surface area contributed by atoms with E-state index in [-0.39, 0.29) is 11.8 Å². The van der Waals surface area contributed by atoms with Gasteiger partial charge in [-0.2, -0.15) is 0 Å². The molecule has 0 bridgehead atoms. The van der Waals surface area contributed by atoms with Crippen molar-refractivity contribution in [2.24, 2.45) is 5.92 Å². The lowest BCUT2D eigenvalue weighted by molar-refractivity contribution is -0.113. The topological polar surface area (TPSA) is 52.7 Å². The summed E-state index contributed by atoms with van der Waals surface area (Å²) in [6.07, 6.45) is 5.45. The highest BCUT2D eigenvalue weighted by Crippen LogP contribution is 2.31. The molecule has 2 heterocycles. The molecule has 37 heavy (non-hydrogen) atoms. The van der Waals surface area contributed by atoms with Crippen molar-refractivity contribution in [3.05, 3.63) is 90.0 Å². The summed E-state index contributed by atoms with van der Waals surface area (Å²) in [4.78, 5) is 31.6. The molecular formula is C31H35N3O2S. The summed E-state index contributed by atoms with van der Waals surface area (Å²) in [7, 11) is 0. The van der Waals surface area contributed by atoms with Crippen LogP contribution in [0.4, 0.5) is 11.4 Å². The summed E-state index contributed by atoms with van der Waals surface area (Å²) in [5, 5.41) is 3.01. The van der Waals surface area contributed by atoms with Crippen LogP contribution in [0.15, 0.2) is 83.8 Å². The van der Waals surface area contributed by atoms with Crippen LogP contribution in [0.25, 0.3) is 0 Å². The van der Waals surface area contributed by atoms with E-state index in [1.807, 2.05) is 53.4 Å². The fourth-order valence-corrected chi connectivity index (χ4v) is 6.06. The van der Waals surface area contributed by atoms with Crippen molar-refractivity contribution >= 4 is 35.0 Å². The molecule has 2 saturated heterocycles. The van der Waals surface area contributed by atoms with Crippen LogP contribution in [0.2, 0.25) is 0 Å². The Hall–Kier alpha value is -3.25. The average Bonchev–Trinajstić information content (AvgIpc) is 3.48. The van der Waals surface area contributed by atoms with Crippen molar-refractivity contribution in [1.29, 1.82) is 0 Å². The lowest BCUT2D eigenvalue weighted by atomic mass is 9.89. The van der Waals surface area contributed by atoms with Crippen LogP contribution < -0.4 is 10.2 Å². The highest BCUT2D eigenvalue weighted by Gasteiger charge is 2.27. The molecule has 0 unspecified atom stereocenters. The van der Waals surface area contributed by atoms with E-state index < -0.39 is 0 Å². The minimum Gasteiger partial charge on any atom is -0.371 e. The van der Waals surface area contributed by atoms with Gasteiger partial charge in [0.1, 0.15) is 0 Å². The summed E-state index contributed by atoms with van der Waals surface area (Å²) in [5.74, 6) is 1.00. The molecule has 0 aromatic heterocycles. The maximum atomic E-state index is 13.5. The minimum atomic E-state index is -0.0668. The molecule has 0 atom stereocenters. The largest absolute Gasteiger partial charge is 0.371 e. The van der Waals surface area contributed by atoms with Crippen LogP contribution in [0, 0.1) is 5.92 Å². The second-order valence-corrected chi connectivity index (χ2v) is 11.1. The van der Waals surface area contributed by atoms with Gasteiger partial charge < -0.3 is 15.1 Å². The number of carbonyl (C=O) groups excluding carboxylic acids is 2. The standard InChI is InChI=1S/C31H35N3O2S/c35-30(23-37-27-11-5-2-6-12-27)32-26-13-14-29(28(22-26)31(36)34-17-7-8-18-34)33-19-15-25(16-20-33)21-24-9-3-1-4-10-24/h1-6,9-14,22,25H,7-8,15-21,23H2,(H,32,35). The first-order valence-corrected chi connectivity index (χ1v) is 14.3. The fourth-order valence-electron chi connectivity index (χ4n) is 5.34. The van der Waals surface area contributed by atoms with Crippen molar-refractivity contribution in [3.8, 4) is 0 Å². The monoisotopic (exact) mass is 513 g/mol. The number of amides is 2. The summed E-state index contributed by atoms with van der Waals surface area (Å²) < 4.78 is 0. The van der Waals surface area contributed by atoms with Gasteiger partial charge >= 0.3 is 0 Å². The van der Waals surface area contributed by atoms with Crippen LogP contribution >= 0.6 is 11.8 Å². The number of piperidine rings is 1. The van der Waals surface area contributed by atoms with Crippen molar-refractivity contribution in [2.75, 3.05) is 42.1 Å². The van der Waals surface area contributed by atoms with Crippen molar-refractivity contribution in [1.82, 2.24) is 4.90 Å². The van der Waals surface area contributed by atoms with Crippen molar-refractivity contribution in [3.63, 3.8) is 0 Å². The summed E-state index contributed by atoms with van der Waals surface area (Å²) in [5.41, 5.74) is 3.78. The van der Waals surface area contributed by atoms with E-state index in [2.05, 4.69) is 40.5 Å². The number of nitrogens with one attached hydrogen (secondary N) is 1. The lowest BCUT2D eigenvalue weighted by Crippen LogP contribution is -2.36. The van der Waals surface area contributed by atoms with Gasteiger partial charge in [0.05, 0.1) is 11.3 Å². The second-order valence-electron chi connectivity index (χ2n) is 10.0. The molecule has 0 spiro atoms. The van der Waals surface area contributed by atoms with Crippen LogP contribution in [0.3, 0.4) is 0 Å². The van der Waals surface area contributed by atoms with Gasteiger partial charge in [-0.05, 0) is 73.9 Å². The van der Waals surface area contributed by atoms with Crippen LogP contribution in [0.5, 0.6) is 0 Å². The van der Waals surface area contributed by atoms with E-state index in [1.54, 1.807) is 0 Å². The zero-order valence-electron chi connectivity index (χ0n) is 21.3. The molecule has 5 rings (SSSR count). The molecule has 3 aromatic carbocycles. The first-order chi connectivity index (χ1) is 18.2. The number of likely N-dealkylation sites (tertiary alicyclic amines) is 1. The average molecular weight is 514 g/mol. The Labute approximate surface area is 224 Å². The lowest BCUT2D eigenvalue weighted by Gasteiger charge is -2.35. The summed E-state index contributed by atoms with van der Waals surface area (Å²) >= 11 is 1.51. The van der Waals surface area contributed by atoms with Crippen molar-refractivity contribution < 1.29 is 9.59 Å². The van der Waals surface area contributed by atoms with Gasteiger partial charge in [0.15, 0.2) is 0 Å². The maximum absolute atomic E-state index is 13.5. The molecule has 5 nitrogen and oxygen atoms in total. The third-order valence-electron chi connectivity index (χ3n) is 7.34. The Kier molecular flexibility index (Phi) is 8.46. The number of thioether (sulfide) groups is 1. The van der Waals surface area contributed by atoms with E-state index in [1.165, 1.54) is 17.3 Å². The van der Waals surface area contributed by atoms with E-state index in [9.17, 15) is 9.59 Å². The Morgan fingerprint density at radius 3 is 2.22 bits per heavy atom. The quantitative estimate of drug-likeness (QED) is 0.369. The number of nitrogens with zero attached hydrogens (tertiary/aromatic N) is 2. The van der Waals surface area contributed by atoms with Crippen LogP contribution in [0.1, 0.15) is 41.6 Å². The highest BCUT2D eigenvalue weighted by atomic mass is 32.2. The van der Waals surface area contributed by atoms with Gasteiger partial charge in [0, 0.05) is 42.4 Å². The molecule has 2 fully saturated rings. The first kappa shape index (κ1) is 25.4. The van der Waals surface area contributed by atoms with Gasteiger partial charge in [0.25, 0.3) is 5.91 Å². The van der Waals surface area contributed by atoms with Crippen molar-refractivity contribution in [2.45, 2.75) is 37.0 Å². The smallest absolute Gasteiger partial charge is 0.256 e. The molecule has 2 aliphatic heterocycles. The molecule has 2 amide bonds. The number of carbonyl (C=O) groups is 2. The zero-order valence-corrected chi connectivity index (χ0v) is 22.1. The molecule has 0 aliphatic carbocycles. The predicted octanol–water partition coefficient (Wildman–Crippen LogP) is 6.11. The molecule has 1 N–H and O–H groups in total. The SMILES string of the molecule is O=C(CSc1ccccc1)Nc1ccc(N2CCC(Cc3ccccc3)CC2)c(C(=O)N2CCCC2)c1. The van der Waals surface area contributed by atoms with E-state index >= 15 is 0 Å². The molecule has 6 heteroatoms. The number of anilines is 2. The van der Waals surface area contributed by atoms with Gasteiger partial charge in [-0.15, -0.1) is 11.8 Å². The zero-order chi connectivity index (χ0) is 25.5. The Bertz CT molecular complexity index is 1190. The van der Waals surface area contributed by atoms with Crippen LogP contribution in [-0.2, 0) is 11.2 Å². The third kappa shape index (κ3) is 6.75. The minimum absolute atomic E-state index is 0.0668.